The largest absolute Gasteiger partial charge is 0.393 e. The minimum absolute atomic E-state index is 0.0104. The molecular weight excluding hydrogens is 454 g/mol. The molecule has 5 saturated carbocycles. The van der Waals surface area contributed by atoms with Gasteiger partial charge in [0.1, 0.15) is 0 Å². The molecule has 5 atom stereocenters. The van der Waals surface area contributed by atoms with Gasteiger partial charge in [0, 0.05) is 30.0 Å². The number of aliphatic hydroxyl groups excluding tert-OH is 1. The maximum atomic E-state index is 13.1. The van der Waals surface area contributed by atoms with Crippen LogP contribution in [0.5, 0.6) is 0 Å². The number of pyridine rings is 1. The van der Waals surface area contributed by atoms with Crippen molar-refractivity contribution in [3.8, 4) is 0 Å². The van der Waals surface area contributed by atoms with Gasteiger partial charge in [-0.3, -0.25) is 19.3 Å². The molecule has 7 heteroatoms. The van der Waals surface area contributed by atoms with Crippen LogP contribution in [0.1, 0.15) is 87.2 Å². The van der Waals surface area contributed by atoms with Crippen molar-refractivity contribution in [2.75, 3.05) is 0 Å². The lowest BCUT2D eigenvalue weighted by Crippen LogP contribution is -2.55. The maximum Gasteiger partial charge on any atom is 0.204 e. The molecule has 2 heterocycles. The number of allylic oxidation sites excluding steroid dienone is 1. The Balaban J connectivity index is 1.21. The highest BCUT2D eigenvalue weighted by Gasteiger charge is 2.56. The molecule has 36 heavy (non-hydrogen) atoms. The third kappa shape index (κ3) is 3.69. The van der Waals surface area contributed by atoms with Crippen molar-refractivity contribution in [1.82, 2.24) is 14.8 Å². The van der Waals surface area contributed by atoms with E-state index in [2.05, 4.69) is 21.8 Å². The minimum Gasteiger partial charge on any atom is -0.393 e. The SMILES string of the molecule is O=C(Cc1nn(C2[C@@H]3CC4C[C@H]2CC(O)(C4)C3)c2c3c(ncc12)CC=C3)C(=O)CC1CCC(O)CC1. The van der Waals surface area contributed by atoms with Crippen LogP contribution in [0.3, 0.4) is 0 Å². The molecule has 7 nitrogen and oxygen atoms in total. The molecule has 0 saturated heterocycles. The molecule has 0 radical (unpaired) electrons. The molecule has 8 rings (SSSR count). The van der Waals surface area contributed by atoms with E-state index in [0.29, 0.717) is 36.3 Å². The van der Waals surface area contributed by atoms with Crippen LogP contribution in [0, 0.1) is 23.7 Å². The quantitative estimate of drug-likeness (QED) is 0.599. The van der Waals surface area contributed by atoms with Crippen LogP contribution < -0.4 is 0 Å². The molecule has 2 aromatic heterocycles. The first-order valence-corrected chi connectivity index (χ1v) is 13.9. The van der Waals surface area contributed by atoms with Crippen molar-refractivity contribution in [2.24, 2.45) is 23.7 Å². The zero-order valence-corrected chi connectivity index (χ0v) is 20.7. The average Bonchev–Trinajstić information content (AvgIpc) is 3.44. The van der Waals surface area contributed by atoms with E-state index in [4.69, 9.17) is 5.10 Å². The molecule has 190 valence electrons. The molecule has 0 aromatic carbocycles. The van der Waals surface area contributed by atoms with Crippen LogP contribution >= 0.6 is 0 Å². The van der Waals surface area contributed by atoms with Gasteiger partial charge in [0.25, 0.3) is 0 Å². The summed E-state index contributed by atoms with van der Waals surface area (Å²) in [4.78, 5) is 30.6. The number of fused-ring (bicyclic) bond motifs is 3. The first kappa shape index (κ1) is 22.8. The third-order valence-corrected chi connectivity index (χ3v) is 9.94. The maximum absolute atomic E-state index is 13.1. The average molecular weight is 490 g/mol. The Labute approximate surface area is 211 Å². The Morgan fingerprint density at radius 2 is 1.81 bits per heavy atom. The summed E-state index contributed by atoms with van der Waals surface area (Å²) in [5, 5.41) is 26.8. The number of carbonyl (C=O) groups excluding carboxylic acids is 2. The van der Waals surface area contributed by atoms with Crippen LogP contribution in [-0.4, -0.2) is 48.2 Å². The van der Waals surface area contributed by atoms with Gasteiger partial charge in [-0.25, -0.2) is 0 Å². The second-order valence-electron chi connectivity index (χ2n) is 12.5. The van der Waals surface area contributed by atoms with Crippen molar-refractivity contribution in [1.29, 1.82) is 0 Å². The number of aromatic nitrogens is 3. The van der Waals surface area contributed by atoms with Gasteiger partial charge in [0.2, 0.25) is 5.78 Å². The summed E-state index contributed by atoms with van der Waals surface area (Å²) in [6, 6.07) is 0.220. The van der Waals surface area contributed by atoms with Gasteiger partial charge in [-0.15, -0.1) is 0 Å². The Kier molecular flexibility index (Phi) is 5.27. The van der Waals surface area contributed by atoms with Crippen LogP contribution in [0.4, 0.5) is 0 Å². The van der Waals surface area contributed by atoms with Crippen molar-refractivity contribution in [3.05, 3.63) is 29.2 Å². The van der Waals surface area contributed by atoms with Crippen molar-refractivity contribution in [2.45, 2.75) is 94.8 Å². The molecule has 4 bridgehead atoms. The van der Waals surface area contributed by atoms with Gasteiger partial charge in [0.05, 0.1) is 41.1 Å². The highest BCUT2D eigenvalue weighted by Crippen LogP contribution is 2.60. The van der Waals surface area contributed by atoms with Gasteiger partial charge in [0.15, 0.2) is 5.78 Å². The van der Waals surface area contributed by atoms with Gasteiger partial charge < -0.3 is 10.2 Å². The highest BCUT2D eigenvalue weighted by molar-refractivity contribution is 6.37. The zero-order valence-electron chi connectivity index (χ0n) is 20.7. The van der Waals surface area contributed by atoms with E-state index in [-0.39, 0.29) is 42.5 Å². The zero-order chi connectivity index (χ0) is 24.6. The standard InChI is InChI=1S/C29H35N3O4/c33-20-6-4-16(5-7-20)10-25(34)26(35)11-24-22-15-30-23-3-1-2-21(23)28(22)32(31-24)27-18-8-17-9-19(27)14-29(36,12-17)13-18/h1-2,15-20,27,33,36H,3-14H2/t16?,17?,18-,19+,20?,27?,29?. The predicted octanol–water partition coefficient (Wildman–Crippen LogP) is 3.73. The number of hydrogen-bond acceptors (Lipinski definition) is 6. The van der Waals surface area contributed by atoms with Crippen LogP contribution in [0.25, 0.3) is 17.0 Å². The van der Waals surface area contributed by atoms with Gasteiger partial charge in [-0.2, -0.15) is 5.10 Å². The number of Topliss-reactive ketones (excluding diaryl/α,β-unsaturated/α-hetero) is 2. The Morgan fingerprint density at radius 1 is 1.06 bits per heavy atom. The van der Waals surface area contributed by atoms with Crippen LogP contribution in [0.15, 0.2) is 12.3 Å². The fourth-order valence-electron chi connectivity index (χ4n) is 8.55. The summed E-state index contributed by atoms with van der Waals surface area (Å²) in [7, 11) is 0. The molecule has 0 aliphatic heterocycles. The minimum atomic E-state index is -0.514. The lowest BCUT2D eigenvalue weighted by Gasteiger charge is -2.58. The van der Waals surface area contributed by atoms with E-state index < -0.39 is 5.60 Å². The van der Waals surface area contributed by atoms with E-state index in [1.54, 1.807) is 0 Å². The number of ketones is 2. The summed E-state index contributed by atoms with van der Waals surface area (Å²) in [6.45, 7) is 0. The fourth-order valence-corrected chi connectivity index (χ4v) is 8.55. The molecule has 2 aromatic rings. The molecule has 5 fully saturated rings. The number of hydrogen-bond donors (Lipinski definition) is 2. The van der Waals surface area contributed by atoms with Gasteiger partial charge >= 0.3 is 0 Å². The van der Waals surface area contributed by atoms with E-state index in [1.165, 1.54) is 0 Å². The highest BCUT2D eigenvalue weighted by atomic mass is 16.3. The summed E-state index contributed by atoms with van der Waals surface area (Å²) in [5.41, 5.74) is 3.33. The second-order valence-corrected chi connectivity index (χ2v) is 12.5. The monoisotopic (exact) mass is 489 g/mol. The van der Waals surface area contributed by atoms with E-state index in [9.17, 15) is 19.8 Å². The first-order valence-electron chi connectivity index (χ1n) is 13.9. The van der Waals surface area contributed by atoms with Gasteiger partial charge in [-0.05, 0) is 81.5 Å². The Morgan fingerprint density at radius 3 is 2.53 bits per heavy atom. The van der Waals surface area contributed by atoms with Crippen molar-refractivity contribution in [3.63, 3.8) is 0 Å². The van der Waals surface area contributed by atoms with Gasteiger partial charge in [-0.1, -0.05) is 12.2 Å². The number of rotatable bonds is 6. The second kappa shape index (κ2) is 8.32. The number of aliphatic hydroxyl groups is 2. The van der Waals surface area contributed by atoms with E-state index in [0.717, 1.165) is 73.5 Å². The first-order chi connectivity index (χ1) is 17.4. The lowest BCUT2D eigenvalue weighted by atomic mass is 9.52. The summed E-state index contributed by atoms with van der Waals surface area (Å²) in [5.74, 6) is 0.898. The van der Waals surface area contributed by atoms with Crippen molar-refractivity contribution < 1.29 is 19.8 Å². The topological polar surface area (TPSA) is 105 Å². The Hall–Kier alpha value is -2.38. The van der Waals surface area contributed by atoms with Crippen LogP contribution in [-0.2, 0) is 22.4 Å². The fraction of sp³-hybridized carbons (Fsp3) is 0.655. The van der Waals surface area contributed by atoms with E-state index in [1.807, 2.05) is 6.20 Å². The van der Waals surface area contributed by atoms with Crippen LogP contribution in [0.2, 0.25) is 0 Å². The smallest absolute Gasteiger partial charge is 0.204 e. The lowest BCUT2D eigenvalue weighted by molar-refractivity contribution is -0.148. The third-order valence-electron chi connectivity index (χ3n) is 9.94. The summed E-state index contributed by atoms with van der Waals surface area (Å²) < 4.78 is 2.18. The molecule has 0 spiro atoms. The molecule has 6 aliphatic rings. The van der Waals surface area contributed by atoms with E-state index >= 15 is 0 Å². The molecular formula is C29H35N3O4. The van der Waals surface area contributed by atoms with Crippen molar-refractivity contribution >= 4 is 28.5 Å². The summed E-state index contributed by atoms with van der Waals surface area (Å²) >= 11 is 0. The number of nitrogens with zero attached hydrogens (tertiary/aromatic N) is 3. The number of carbonyl (C=O) groups is 2. The molecule has 6 aliphatic carbocycles. The molecule has 0 amide bonds. The molecule has 2 N–H and O–H groups in total. The summed E-state index contributed by atoms with van der Waals surface area (Å²) in [6.07, 6.45) is 14.8. The predicted molar refractivity (Wildman–Crippen MR) is 134 cm³/mol. The normalized spacial score (nSPS) is 36.5. The Bertz CT molecular complexity index is 1260. The molecule has 3 unspecified atom stereocenters.